The van der Waals surface area contributed by atoms with E-state index in [1.807, 2.05) is 18.2 Å². The molecule has 0 heterocycles. The van der Waals surface area contributed by atoms with Gasteiger partial charge in [0.1, 0.15) is 0 Å². The van der Waals surface area contributed by atoms with Crippen LogP contribution in [0.15, 0.2) is 35.0 Å². The molecule has 1 aromatic rings. The zero-order chi connectivity index (χ0) is 13.8. The average Bonchev–Trinajstić information content (AvgIpc) is 2.80. The van der Waals surface area contributed by atoms with E-state index in [0.717, 1.165) is 36.1 Å². The fourth-order valence-electron chi connectivity index (χ4n) is 2.64. The van der Waals surface area contributed by atoms with Crippen molar-refractivity contribution < 1.29 is 5.21 Å². The van der Waals surface area contributed by atoms with Gasteiger partial charge in [0.05, 0.1) is 17.3 Å². The van der Waals surface area contributed by atoms with Crippen LogP contribution in [-0.2, 0) is 0 Å². The van der Waals surface area contributed by atoms with E-state index in [1.54, 1.807) is 6.07 Å². The summed E-state index contributed by atoms with van der Waals surface area (Å²) < 4.78 is 0. The van der Waals surface area contributed by atoms with Gasteiger partial charge >= 0.3 is 0 Å². The molecule has 2 rings (SSSR count). The fraction of sp³-hybridized carbons (Fsp3) is 0.375. The zero-order valence-corrected chi connectivity index (χ0v) is 11.3. The Hall–Kier alpha value is -2.08. The average molecular weight is 254 g/mol. The van der Waals surface area contributed by atoms with Crippen LogP contribution in [0.5, 0.6) is 0 Å². The van der Waals surface area contributed by atoms with Crippen molar-refractivity contribution in [3.63, 3.8) is 0 Å². The Bertz CT molecular complexity index is 577. The zero-order valence-electron chi connectivity index (χ0n) is 11.3. The minimum atomic E-state index is 0.571. The lowest BCUT2D eigenvalue weighted by molar-refractivity contribution is 0.319. The van der Waals surface area contributed by atoms with Crippen molar-refractivity contribution in [2.45, 2.75) is 33.1 Å². The minimum absolute atomic E-state index is 0.571. The topological polar surface area (TPSA) is 56.4 Å². The first-order chi connectivity index (χ1) is 9.15. The highest BCUT2D eigenvalue weighted by Crippen LogP contribution is 2.35. The van der Waals surface area contributed by atoms with Crippen LogP contribution in [0.3, 0.4) is 0 Å². The Balaban J connectivity index is 2.49. The quantitative estimate of drug-likeness (QED) is 0.655. The summed E-state index contributed by atoms with van der Waals surface area (Å²) in [6.07, 6.45) is 2.74. The molecule has 0 aliphatic heterocycles. The van der Waals surface area contributed by atoms with Crippen LogP contribution in [0, 0.1) is 17.2 Å². The van der Waals surface area contributed by atoms with Crippen molar-refractivity contribution >= 4 is 11.3 Å². The van der Waals surface area contributed by atoms with Crippen LogP contribution < -0.4 is 0 Å². The number of hydrogen-bond acceptors (Lipinski definition) is 3. The van der Waals surface area contributed by atoms with Gasteiger partial charge in [0.25, 0.3) is 0 Å². The van der Waals surface area contributed by atoms with Gasteiger partial charge in [0, 0.05) is 5.57 Å². The van der Waals surface area contributed by atoms with Crippen molar-refractivity contribution in [2.75, 3.05) is 0 Å². The Morgan fingerprint density at radius 2 is 2.16 bits per heavy atom. The first kappa shape index (κ1) is 13.4. The number of hydrogen-bond donors (Lipinski definition) is 1. The normalized spacial score (nSPS) is 17.3. The summed E-state index contributed by atoms with van der Waals surface area (Å²) in [4.78, 5) is 0. The predicted molar refractivity (Wildman–Crippen MR) is 76.0 cm³/mol. The van der Waals surface area contributed by atoms with Gasteiger partial charge in [-0.3, -0.25) is 0 Å². The van der Waals surface area contributed by atoms with Crippen molar-refractivity contribution in [1.29, 1.82) is 5.26 Å². The van der Waals surface area contributed by atoms with E-state index in [4.69, 9.17) is 10.5 Å². The number of rotatable bonds is 3. The van der Waals surface area contributed by atoms with Gasteiger partial charge in [0.15, 0.2) is 0 Å². The van der Waals surface area contributed by atoms with Gasteiger partial charge in [-0.25, -0.2) is 0 Å². The molecule has 1 N–H and O–H groups in total. The summed E-state index contributed by atoms with van der Waals surface area (Å²) in [5, 5.41) is 21.6. The van der Waals surface area contributed by atoms with Crippen LogP contribution in [0.1, 0.15) is 44.2 Å². The molecule has 3 nitrogen and oxygen atoms in total. The standard InChI is InChI=1S/C16H18N2O/c1-11(2)8-14-6-7-15(18-19)16(14)13-5-3-4-12(9-13)10-17/h3-5,9,11,19H,6-8H2,1-2H3/b18-15+. The van der Waals surface area contributed by atoms with Crippen LogP contribution >= 0.6 is 0 Å². The molecule has 0 atom stereocenters. The van der Waals surface area contributed by atoms with Gasteiger partial charge in [-0.2, -0.15) is 5.26 Å². The summed E-state index contributed by atoms with van der Waals surface area (Å²) in [7, 11) is 0. The maximum Gasteiger partial charge on any atom is 0.0991 e. The van der Waals surface area contributed by atoms with Crippen molar-refractivity contribution in [3.05, 3.63) is 41.0 Å². The van der Waals surface area contributed by atoms with E-state index in [9.17, 15) is 0 Å². The fourth-order valence-corrected chi connectivity index (χ4v) is 2.64. The van der Waals surface area contributed by atoms with Gasteiger partial charge in [-0.1, -0.05) is 36.7 Å². The second-order valence-corrected chi connectivity index (χ2v) is 5.32. The number of benzene rings is 1. The van der Waals surface area contributed by atoms with Gasteiger partial charge in [-0.05, 0) is 42.9 Å². The van der Waals surface area contributed by atoms with E-state index in [2.05, 4.69) is 25.1 Å². The molecule has 98 valence electrons. The molecule has 0 unspecified atom stereocenters. The third-order valence-corrected chi connectivity index (χ3v) is 3.36. The predicted octanol–water partition coefficient (Wildman–Crippen LogP) is 3.98. The number of oxime groups is 1. The lowest BCUT2D eigenvalue weighted by atomic mass is 9.94. The summed E-state index contributed by atoms with van der Waals surface area (Å²) >= 11 is 0. The Morgan fingerprint density at radius 1 is 1.37 bits per heavy atom. The molecule has 0 saturated carbocycles. The van der Waals surface area contributed by atoms with Crippen molar-refractivity contribution in [2.24, 2.45) is 11.1 Å². The summed E-state index contributed by atoms with van der Waals surface area (Å²) in [6, 6.07) is 9.67. The molecule has 1 aromatic carbocycles. The molecular formula is C16H18N2O. The molecule has 0 aromatic heterocycles. The molecular weight excluding hydrogens is 236 g/mol. The number of nitrogens with zero attached hydrogens (tertiary/aromatic N) is 2. The minimum Gasteiger partial charge on any atom is -0.411 e. The molecule has 0 amide bonds. The highest BCUT2D eigenvalue weighted by molar-refractivity contribution is 6.26. The smallest absolute Gasteiger partial charge is 0.0991 e. The van der Waals surface area contributed by atoms with Gasteiger partial charge in [0.2, 0.25) is 0 Å². The largest absolute Gasteiger partial charge is 0.411 e. The highest BCUT2D eigenvalue weighted by Gasteiger charge is 2.23. The number of allylic oxidation sites excluding steroid dienone is 2. The Labute approximate surface area is 113 Å². The van der Waals surface area contributed by atoms with Crippen LogP contribution in [0.2, 0.25) is 0 Å². The Morgan fingerprint density at radius 3 is 2.79 bits per heavy atom. The van der Waals surface area contributed by atoms with E-state index in [1.165, 1.54) is 5.57 Å². The Kier molecular flexibility index (Phi) is 4.01. The SMILES string of the molecule is CC(C)CC1=C(c2cccc(C#N)c2)/C(=N/O)CC1. The van der Waals surface area contributed by atoms with Crippen molar-refractivity contribution in [1.82, 2.24) is 0 Å². The summed E-state index contributed by atoms with van der Waals surface area (Å²) in [5.41, 5.74) is 4.73. The van der Waals surface area contributed by atoms with Crippen LogP contribution in [0.4, 0.5) is 0 Å². The van der Waals surface area contributed by atoms with Crippen LogP contribution in [-0.4, -0.2) is 10.9 Å². The lowest BCUT2D eigenvalue weighted by Gasteiger charge is -2.10. The number of nitriles is 1. The second kappa shape index (κ2) is 5.71. The molecule has 1 aliphatic rings. The second-order valence-electron chi connectivity index (χ2n) is 5.32. The summed E-state index contributed by atoms with van der Waals surface area (Å²) in [6.45, 7) is 4.37. The van der Waals surface area contributed by atoms with Crippen molar-refractivity contribution in [3.8, 4) is 6.07 Å². The monoisotopic (exact) mass is 254 g/mol. The third-order valence-electron chi connectivity index (χ3n) is 3.36. The molecule has 0 radical (unpaired) electrons. The molecule has 3 heteroatoms. The van der Waals surface area contributed by atoms with E-state index in [-0.39, 0.29) is 0 Å². The van der Waals surface area contributed by atoms with E-state index >= 15 is 0 Å². The lowest BCUT2D eigenvalue weighted by Crippen LogP contribution is -1.99. The third kappa shape index (κ3) is 2.85. The molecule has 1 aliphatic carbocycles. The maximum absolute atomic E-state index is 9.16. The first-order valence-corrected chi connectivity index (χ1v) is 6.59. The molecule has 0 bridgehead atoms. The summed E-state index contributed by atoms with van der Waals surface area (Å²) in [5.74, 6) is 0.571. The van der Waals surface area contributed by atoms with Crippen LogP contribution in [0.25, 0.3) is 5.57 Å². The van der Waals surface area contributed by atoms with Gasteiger partial charge in [-0.15, -0.1) is 0 Å². The molecule has 0 saturated heterocycles. The van der Waals surface area contributed by atoms with E-state index < -0.39 is 0 Å². The first-order valence-electron chi connectivity index (χ1n) is 6.59. The van der Waals surface area contributed by atoms with Gasteiger partial charge < -0.3 is 5.21 Å². The molecule has 0 fully saturated rings. The highest BCUT2D eigenvalue weighted by atomic mass is 16.4. The molecule has 19 heavy (non-hydrogen) atoms. The maximum atomic E-state index is 9.16. The van der Waals surface area contributed by atoms with E-state index in [0.29, 0.717) is 11.5 Å². The molecule has 0 spiro atoms.